The minimum absolute atomic E-state index is 0.674. The number of nitrogens with zero attached hydrogens (tertiary/aromatic N) is 3. The van der Waals surface area contributed by atoms with Crippen molar-refractivity contribution in [3.05, 3.63) is 200 Å². The van der Waals surface area contributed by atoms with Crippen LogP contribution in [0.3, 0.4) is 0 Å². The van der Waals surface area contributed by atoms with Crippen LogP contribution in [-0.4, -0.2) is 14.5 Å². The Labute approximate surface area is 354 Å². The van der Waals surface area contributed by atoms with E-state index in [1.807, 2.05) is 6.07 Å². The van der Waals surface area contributed by atoms with Gasteiger partial charge in [-0.1, -0.05) is 152 Å². The van der Waals surface area contributed by atoms with Crippen molar-refractivity contribution >= 4 is 86.2 Å². The molecule has 13 rings (SSSR count). The molecule has 0 aliphatic heterocycles. The van der Waals surface area contributed by atoms with E-state index < -0.39 is 0 Å². The van der Waals surface area contributed by atoms with Gasteiger partial charge in [0.15, 0.2) is 5.82 Å². The van der Waals surface area contributed by atoms with Gasteiger partial charge in [-0.25, -0.2) is 9.97 Å². The third-order valence-electron chi connectivity index (χ3n) is 12.2. The van der Waals surface area contributed by atoms with Gasteiger partial charge in [0, 0.05) is 54.5 Å². The van der Waals surface area contributed by atoms with Crippen LogP contribution in [-0.2, 0) is 0 Å². The maximum Gasteiger partial charge on any atom is 0.160 e. The van der Waals surface area contributed by atoms with E-state index in [2.05, 4.69) is 199 Å². The molecule has 284 valence electrons. The van der Waals surface area contributed by atoms with E-state index in [1.54, 1.807) is 11.3 Å². The van der Waals surface area contributed by atoms with E-state index in [0.717, 1.165) is 71.1 Å². The molecule has 4 aromatic heterocycles. The quantitative estimate of drug-likeness (QED) is 0.174. The van der Waals surface area contributed by atoms with Gasteiger partial charge in [-0.3, -0.25) is 0 Å². The molecule has 0 saturated carbocycles. The van der Waals surface area contributed by atoms with Gasteiger partial charge in [0.1, 0.15) is 11.2 Å². The first-order valence-corrected chi connectivity index (χ1v) is 21.4. The fourth-order valence-electron chi connectivity index (χ4n) is 9.38. The summed E-state index contributed by atoms with van der Waals surface area (Å²) in [5.41, 5.74) is 13.7. The molecule has 4 heterocycles. The normalized spacial score (nSPS) is 11.9. The average Bonchev–Trinajstić information content (AvgIpc) is 4.00. The molecule has 4 nitrogen and oxygen atoms in total. The van der Waals surface area contributed by atoms with Crippen LogP contribution < -0.4 is 0 Å². The molecule has 0 atom stereocenters. The zero-order chi connectivity index (χ0) is 40.0. The molecule has 0 radical (unpaired) electrons. The Kier molecular flexibility index (Phi) is 7.44. The van der Waals surface area contributed by atoms with Crippen molar-refractivity contribution in [3.8, 4) is 50.6 Å². The van der Waals surface area contributed by atoms with E-state index in [-0.39, 0.29) is 0 Å². The van der Waals surface area contributed by atoms with Gasteiger partial charge in [-0.05, 0) is 75.5 Å². The van der Waals surface area contributed by atoms with Crippen LogP contribution in [0.5, 0.6) is 0 Å². The molecule has 0 bridgehead atoms. The first-order valence-electron chi connectivity index (χ1n) is 20.6. The molecule has 0 unspecified atom stereocenters. The summed E-state index contributed by atoms with van der Waals surface area (Å²) in [6.45, 7) is 0. The Morgan fingerprint density at radius 2 is 1.02 bits per heavy atom. The van der Waals surface area contributed by atoms with E-state index in [0.29, 0.717) is 5.82 Å². The summed E-state index contributed by atoms with van der Waals surface area (Å²) in [5, 5.41) is 8.24. The molecule has 5 heteroatoms. The number of fused-ring (bicyclic) bond motifs is 11. The van der Waals surface area contributed by atoms with Crippen molar-refractivity contribution < 1.29 is 4.42 Å². The maximum atomic E-state index is 6.79. The van der Waals surface area contributed by atoms with Crippen LogP contribution in [0, 0.1) is 0 Å². The zero-order valence-corrected chi connectivity index (χ0v) is 33.5. The van der Waals surface area contributed by atoms with Crippen LogP contribution in [0.15, 0.2) is 205 Å². The van der Waals surface area contributed by atoms with E-state index >= 15 is 0 Å². The van der Waals surface area contributed by atoms with Gasteiger partial charge < -0.3 is 8.98 Å². The number of aromatic nitrogens is 3. The molecule has 0 N–H and O–H groups in total. The summed E-state index contributed by atoms with van der Waals surface area (Å²) in [5.74, 6) is 0.674. The van der Waals surface area contributed by atoms with Gasteiger partial charge >= 0.3 is 0 Å². The molecule has 0 saturated heterocycles. The fraction of sp³-hybridized carbons (Fsp3) is 0. The van der Waals surface area contributed by atoms with Crippen molar-refractivity contribution in [3.63, 3.8) is 0 Å². The van der Waals surface area contributed by atoms with Gasteiger partial charge in [-0.15, -0.1) is 11.3 Å². The molecule has 0 amide bonds. The number of hydrogen-bond donors (Lipinski definition) is 0. The van der Waals surface area contributed by atoms with Crippen molar-refractivity contribution in [1.29, 1.82) is 0 Å². The second kappa shape index (κ2) is 13.3. The highest BCUT2D eigenvalue weighted by atomic mass is 32.1. The summed E-state index contributed by atoms with van der Waals surface area (Å²) in [6, 6.07) is 71.3. The summed E-state index contributed by atoms with van der Waals surface area (Å²) in [7, 11) is 0. The van der Waals surface area contributed by atoms with Gasteiger partial charge in [0.2, 0.25) is 0 Å². The second-order valence-corrected chi connectivity index (χ2v) is 16.7. The second-order valence-electron chi connectivity index (χ2n) is 15.7. The average molecular weight is 796 g/mol. The summed E-state index contributed by atoms with van der Waals surface area (Å²) in [6.07, 6.45) is 0. The smallest absolute Gasteiger partial charge is 0.160 e. The lowest BCUT2D eigenvalue weighted by Gasteiger charge is -2.12. The first kappa shape index (κ1) is 34.0. The van der Waals surface area contributed by atoms with Crippen LogP contribution in [0.25, 0.3) is 125 Å². The molecular formula is C56H33N3OS. The zero-order valence-electron chi connectivity index (χ0n) is 32.7. The lowest BCUT2D eigenvalue weighted by atomic mass is 9.95. The van der Waals surface area contributed by atoms with Crippen LogP contribution >= 0.6 is 11.3 Å². The highest BCUT2D eigenvalue weighted by molar-refractivity contribution is 7.26. The predicted octanol–water partition coefficient (Wildman–Crippen LogP) is 15.7. The van der Waals surface area contributed by atoms with Crippen LogP contribution in [0.4, 0.5) is 0 Å². The number of para-hydroxylation sites is 1. The first-order chi connectivity index (χ1) is 30.2. The Hall–Kier alpha value is -7.86. The molecular weight excluding hydrogens is 763 g/mol. The third-order valence-corrected chi connectivity index (χ3v) is 13.4. The fourth-order valence-corrected chi connectivity index (χ4v) is 10.5. The van der Waals surface area contributed by atoms with Crippen molar-refractivity contribution in [2.75, 3.05) is 0 Å². The number of furan rings is 1. The van der Waals surface area contributed by atoms with Crippen LogP contribution in [0.1, 0.15) is 0 Å². The van der Waals surface area contributed by atoms with E-state index in [9.17, 15) is 0 Å². The maximum absolute atomic E-state index is 6.79. The summed E-state index contributed by atoms with van der Waals surface area (Å²) in [4.78, 5) is 10.6. The minimum atomic E-state index is 0.674. The van der Waals surface area contributed by atoms with Crippen molar-refractivity contribution in [2.24, 2.45) is 0 Å². The minimum Gasteiger partial charge on any atom is -0.456 e. The Bertz CT molecular complexity index is 3860. The van der Waals surface area contributed by atoms with Gasteiger partial charge in [-0.2, -0.15) is 0 Å². The number of benzene rings is 9. The van der Waals surface area contributed by atoms with Crippen molar-refractivity contribution in [1.82, 2.24) is 14.5 Å². The highest BCUT2D eigenvalue weighted by Gasteiger charge is 2.21. The molecule has 0 aliphatic carbocycles. The lowest BCUT2D eigenvalue weighted by molar-refractivity contribution is 0.669. The molecule has 9 aromatic carbocycles. The Balaban J connectivity index is 0.968. The van der Waals surface area contributed by atoms with Gasteiger partial charge in [0.25, 0.3) is 0 Å². The molecule has 0 aliphatic rings. The van der Waals surface area contributed by atoms with Gasteiger partial charge in [0.05, 0.1) is 26.9 Å². The molecule has 13 aromatic rings. The van der Waals surface area contributed by atoms with Crippen LogP contribution in [0.2, 0.25) is 0 Å². The predicted molar refractivity (Wildman–Crippen MR) is 256 cm³/mol. The standard InChI is InChI=1S/C56H33N3OS/c1-3-13-34(14-4-1)35-23-25-37(26-24-35)53-55-54(45-20-10-12-22-51(45)61-55)58-56(57-53)38-27-29-41-42-30-28-39(32-50(42)60-49(41)31-38)59-47-21-11-9-19-44(47)52-43-18-8-7-17-40(43)46(33-48(52)59)36-15-5-2-6-16-36/h1-33H. The van der Waals surface area contributed by atoms with Crippen molar-refractivity contribution in [2.45, 2.75) is 0 Å². The topological polar surface area (TPSA) is 43.9 Å². The summed E-state index contributed by atoms with van der Waals surface area (Å²) >= 11 is 1.75. The number of rotatable bonds is 5. The van der Waals surface area contributed by atoms with E-state index in [4.69, 9.17) is 14.4 Å². The third kappa shape index (κ3) is 5.31. The Morgan fingerprint density at radius 3 is 1.82 bits per heavy atom. The highest BCUT2D eigenvalue weighted by Crippen LogP contribution is 2.44. The largest absolute Gasteiger partial charge is 0.456 e. The Morgan fingerprint density at radius 1 is 0.410 bits per heavy atom. The summed E-state index contributed by atoms with van der Waals surface area (Å²) < 4.78 is 11.5. The SMILES string of the molecule is c1ccc(-c2ccc(-c3nc(-c4ccc5c(c4)oc4cc(-n6c7ccccc7c7c8ccccc8c(-c8ccccc8)cc76)ccc45)nc4c3sc3ccccc34)cc2)cc1. The molecule has 0 spiro atoms. The monoisotopic (exact) mass is 795 g/mol. The number of thiophene rings is 1. The lowest BCUT2D eigenvalue weighted by Crippen LogP contribution is -1.94. The molecule has 61 heavy (non-hydrogen) atoms. The molecule has 0 fully saturated rings. The number of hydrogen-bond acceptors (Lipinski definition) is 4. The van der Waals surface area contributed by atoms with E-state index in [1.165, 1.54) is 48.5 Å².